The highest BCUT2D eigenvalue weighted by molar-refractivity contribution is 7.99. The summed E-state index contributed by atoms with van der Waals surface area (Å²) in [4.78, 5) is 29.7. The topological polar surface area (TPSA) is 141 Å². The number of thioether (sulfide) groups is 1. The van der Waals surface area contributed by atoms with Gasteiger partial charge in [-0.05, 0) is 61.4 Å². The molecule has 224 valence electrons. The molecular formula is C31H32N4O6S2. The third-order valence-electron chi connectivity index (χ3n) is 6.31. The van der Waals surface area contributed by atoms with E-state index in [1.54, 1.807) is 17.8 Å². The normalized spacial score (nSPS) is 11.3. The first-order valence-corrected chi connectivity index (χ1v) is 16.1. The largest absolute Gasteiger partial charge is 0.493 e. The molecule has 0 spiro atoms. The molecular weight excluding hydrogens is 588 g/mol. The van der Waals surface area contributed by atoms with Crippen molar-refractivity contribution in [3.05, 3.63) is 106 Å². The Morgan fingerprint density at radius 2 is 1.74 bits per heavy atom. The molecule has 0 saturated heterocycles. The van der Waals surface area contributed by atoms with E-state index < -0.39 is 31.4 Å². The SMILES string of the molecule is CCOc1ccccc1-c1ccc(C(=O)NS(=O)(=O)c2ccc(NCCSc3ccccc3)c([N+](=O)[O-])c2)c(C(C)C)n1. The molecule has 0 fully saturated rings. The first-order valence-electron chi connectivity index (χ1n) is 13.6. The number of hydrogen-bond donors (Lipinski definition) is 2. The van der Waals surface area contributed by atoms with E-state index in [9.17, 15) is 23.3 Å². The van der Waals surface area contributed by atoms with Crippen molar-refractivity contribution in [3.63, 3.8) is 0 Å². The second-order valence-corrected chi connectivity index (χ2v) is 12.5. The van der Waals surface area contributed by atoms with Crippen LogP contribution in [-0.4, -0.2) is 43.1 Å². The fourth-order valence-corrected chi connectivity index (χ4v) is 6.08. The number of benzene rings is 3. The van der Waals surface area contributed by atoms with Crippen molar-refractivity contribution >= 4 is 39.1 Å². The highest BCUT2D eigenvalue weighted by atomic mass is 32.2. The number of amides is 1. The number of anilines is 1. The van der Waals surface area contributed by atoms with Crippen molar-refractivity contribution < 1.29 is 22.9 Å². The van der Waals surface area contributed by atoms with Crippen LogP contribution in [0.5, 0.6) is 5.75 Å². The van der Waals surface area contributed by atoms with Crippen LogP contribution >= 0.6 is 11.8 Å². The summed E-state index contributed by atoms with van der Waals surface area (Å²) in [7, 11) is -4.44. The lowest BCUT2D eigenvalue weighted by atomic mass is 10.0. The van der Waals surface area contributed by atoms with Crippen LogP contribution in [0.1, 0.15) is 42.7 Å². The van der Waals surface area contributed by atoms with Crippen LogP contribution in [0.4, 0.5) is 11.4 Å². The summed E-state index contributed by atoms with van der Waals surface area (Å²) in [5, 5.41) is 14.8. The average Bonchev–Trinajstić information content (AvgIpc) is 2.99. The van der Waals surface area contributed by atoms with Crippen molar-refractivity contribution in [1.82, 2.24) is 9.71 Å². The van der Waals surface area contributed by atoms with Crippen molar-refractivity contribution in [2.24, 2.45) is 0 Å². The maximum absolute atomic E-state index is 13.2. The van der Waals surface area contributed by atoms with Crippen LogP contribution < -0.4 is 14.8 Å². The number of nitrogens with one attached hydrogen (secondary N) is 2. The van der Waals surface area contributed by atoms with Gasteiger partial charge in [0.2, 0.25) is 0 Å². The maximum atomic E-state index is 13.2. The van der Waals surface area contributed by atoms with Gasteiger partial charge in [0, 0.05) is 28.8 Å². The van der Waals surface area contributed by atoms with Gasteiger partial charge in [0.15, 0.2) is 0 Å². The first kappa shape index (κ1) is 31.5. The molecule has 12 heteroatoms. The van der Waals surface area contributed by atoms with Crippen molar-refractivity contribution in [1.29, 1.82) is 0 Å². The second kappa shape index (κ2) is 14.2. The minimum absolute atomic E-state index is 0.0833. The number of nitro benzene ring substituents is 1. The zero-order valence-electron chi connectivity index (χ0n) is 23.9. The molecule has 0 saturated carbocycles. The van der Waals surface area contributed by atoms with E-state index in [2.05, 4.69) is 15.0 Å². The number of nitro groups is 1. The lowest BCUT2D eigenvalue weighted by Gasteiger charge is -2.16. The summed E-state index contributed by atoms with van der Waals surface area (Å²) in [5.41, 5.74) is 1.56. The number of nitrogens with zero attached hydrogens (tertiary/aromatic N) is 2. The number of hydrogen-bond acceptors (Lipinski definition) is 9. The number of ether oxygens (including phenoxy) is 1. The minimum Gasteiger partial charge on any atom is -0.493 e. The molecule has 4 aromatic rings. The van der Waals surface area contributed by atoms with Gasteiger partial charge in [-0.1, -0.05) is 44.2 Å². The summed E-state index contributed by atoms with van der Waals surface area (Å²) >= 11 is 1.58. The highest BCUT2D eigenvalue weighted by Gasteiger charge is 2.26. The Balaban J connectivity index is 1.53. The molecule has 3 aromatic carbocycles. The molecule has 1 heterocycles. The predicted molar refractivity (Wildman–Crippen MR) is 168 cm³/mol. The molecule has 43 heavy (non-hydrogen) atoms. The molecule has 0 unspecified atom stereocenters. The smallest absolute Gasteiger partial charge is 0.293 e. The average molecular weight is 621 g/mol. The zero-order chi connectivity index (χ0) is 31.0. The van der Waals surface area contributed by atoms with Gasteiger partial charge in [-0.3, -0.25) is 19.9 Å². The van der Waals surface area contributed by atoms with Gasteiger partial charge in [0.05, 0.1) is 33.4 Å². The third kappa shape index (κ3) is 7.90. The zero-order valence-corrected chi connectivity index (χ0v) is 25.6. The van der Waals surface area contributed by atoms with E-state index in [0.29, 0.717) is 36.0 Å². The molecule has 1 amide bonds. The van der Waals surface area contributed by atoms with Gasteiger partial charge < -0.3 is 10.1 Å². The van der Waals surface area contributed by atoms with Crippen LogP contribution in [0.3, 0.4) is 0 Å². The standard InChI is InChI=1S/C31H32N4O6S2/c1-4-41-29-13-9-8-12-24(29)26-17-15-25(30(33-26)21(2)3)31(36)34-43(39,40)23-14-16-27(28(20-23)35(37)38)32-18-19-42-22-10-6-5-7-11-22/h5-17,20-21,32H,4,18-19H2,1-3H3,(H,34,36). The fourth-order valence-electron chi connectivity index (χ4n) is 4.30. The Morgan fingerprint density at radius 3 is 2.44 bits per heavy atom. The number of carbonyl (C=O) groups is 1. The molecule has 0 bridgehead atoms. The van der Waals surface area contributed by atoms with Gasteiger partial charge in [-0.2, -0.15) is 0 Å². The molecule has 0 atom stereocenters. The number of aromatic nitrogens is 1. The van der Waals surface area contributed by atoms with Crippen LogP contribution in [-0.2, 0) is 10.0 Å². The van der Waals surface area contributed by atoms with Crippen molar-refractivity contribution in [2.45, 2.75) is 36.5 Å². The Morgan fingerprint density at radius 1 is 1.02 bits per heavy atom. The summed E-state index contributed by atoms with van der Waals surface area (Å²) in [6.45, 7) is 6.45. The molecule has 0 aliphatic heterocycles. The molecule has 2 N–H and O–H groups in total. The van der Waals surface area contributed by atoms with Gasteiger partial charge in [0.1, 0.15) is 11.4 Å². The molecule has 1 aromatic heterocycles. The van der Waals surface area contributed by atoms with Crippen molar-refractivity contribution in [2.75, 3.05) is 24.2 Å². The first-order chi connectivity index (χ1) is 20.6. The highest BCUT2D eigenvalue weighted by Crippen LogP contribution is 2.31. The van der Waals surface area contributed by atoms with E-state index >= 15 is 0 Å². The lowest BCUT2D eigenvalue weighted by Crippen LogP contribution is -2.31. The monoisotopic (exact) mass is 620 g/mol. The van der Waals surface area contributed by atoms with Crippen LogP contribution in [0.25, 0.3) is 11.3 Å². The number of pyridine rings is 1. The summed E-state index contributed by atoms with van der Waals surface area (Å²) < 4.78 is 34.1. The molecule has 0 aliphatic carbocycles. The van der Waals surface area contributed by atoms with E-state index in [1.807, 2.05) is 75.4 Å². The number of sulfonamides is 1. The Hall–Kier alpha value is -4.42. The van der Waals surface area contributed by atoms with Gasteiger partial charge in [-0.15, -0.1) is 11.8 Å². The van der Waals surface area contributed by atoms with Crippen LogP contribution in [0, 0.1) is 10.1 Å². The van der Waals surface area contributed by atoms with Gasteiger partial charge in [0.25, 0.3) is 21.6 Å². The Kier molecular flexibility index (Phi) is 10.4. The lowest BCUT2D eigenvalue weighted by molar-refractivity contribution is -0.384. The summed E-state index contributed by atoms with van der Waals surface area (Å²) in [6, 6.07) is 23.8. The molecule has 4 rings (SSSR count). The summed E-state index contributed by atoms with van der Waals surface area (Å²) in [6.07, 6.45) is 0. The third-order valence-corrected chi connectivity index (χ3v) is 8.65. The van der Waals surface area contributed by atoms with Crippen LogP contribution in [0.15, 0.2) is 94.7 Å². The quantitative estimate of drug-likeness (QED) is 0.0741. The van der Waals surface area contributed by atoms with Crippen LogP contribution in [0.2, 0.25) is 0 Å². The Bertz CT molecular complexity index is 1710. The number of para-hydroxylation sites is 1. The Labute approximate surface area is 255 Å². The van der Waals surface area contributed by atoms with E-state index in [4.69, 9.17) is 4.74 Å². The molecule has 10 nitrogen and oxygen atoms in total. The van der Waals surface area contributed by atoms with E-state index in [1.165, 1.54) is 18.2 Å². The maximum Gasteiger partial charge on any atom is 0.293 e. The van der Waals surface area contributed by atoms with Crippen molar-refractivity contribution in [3.8, 4) is 17.0 Å². The molecule has 0 radical (unpaired) electrons. The minimum atomic E-state index is -4.44. The molecule has 0 aliphatic rings. The predicted octanol–water partition coefficient (Wildman–Crippen LogP) is 6.50. The number of rotatable bonds is 13. The summed E-state index contributed by atoms with van der Waals surface area (Å²) in [5.74, 6) is 0.179. The second-order valence-electron chi connectivity index (χ2n) is 9.67. The van der Waals surface area contributed by atoms with Gasteiger partial charge in [-0.25, -0.2) is 13.1 Å². The van der Waals surface area contributed by atoms with E-state index in [-0.39, 0.29) is 17.2 Å². The number of carbonyl (C=O) groups excluding carboxylic acids is 1. The fraction of sp³-hybridized carbons (Fsp3) is 0.226. The van der Waals surface area contributed by atoms with E-state index in [0.717, 1.165) is 16.5 Å². The van der Waals surface area contributed by atoms with Gasteiger partial charge >= 0.3 is 0 Å².